The fourth-order valence-corrected chi connectivity index (χ4v) is 2.14. The van der Waals surface area contributed by atoms with E-state index < -0.39 is 0 Å². The van der Waals surface area contributed by atoms with Crippen LogP contribution in [0.5, 0.6) is 0 Å². The lowest BCUT2D eigenvalue weighted by molar-refractivity contribution is 0.687. The van der Waals surface area contributed by atoms with Crippen LogP contribution in [0, 0.1) is 12.8 Å². The van der Waals surface area contributed by atoms with Gasteiger partial charge in [0.15, 0.2) is 5.13 Å². The molecule has 0 aliphatic heterocycles. The molecular formula is C10H16N2S. The smallest absolute Gasteiger partial charge is 0.182 e. The summed E-state index contributed by atoms with van der Waals surface area (Å²) >= 11 is 1.70. The molecular weight excluding hydrogens is 180 g/mol. The highest BCUT2D eigenvalue weighted by Crippen LogP contribution is 2.33. The molecule has 1 heterocycles. The van der Waals surface area contributed by atoms with Crippen molar-refractivity contribution in [3.05, 3.63) is 11.1 Å². The van der Waals surface area contributed by atoms with Crippen LogP contribution in [0.1, 0.15) is 31.4 Å². The first kappa shape index (κ1) is 9.00. The van der Waals surface area contributed by atoms with Crippen LogP contribution in [0.2, 0.25) is 0 Å². The molecule has 0 unspecified atom stereocenters. The van der Waals surface area contributed by atoms with Gasteiger partial charge in [-0.25, -0.2) is 4.98 Å². The Morgan fingerprint density at radius 3 is 3.08 bits per heavy atom. The van der Waals surface area contributed by atoms with E-state index in [0.717, 1.165) is 23.3 Å². The quantitative estimate of drug-likeness (QED) is 0.732. The van der Waals surface area contributed by atoms with Crippen LogP contribution >= 0.6 is 11.3 Å². The van der Waals surface area contributed by atoms with Gasteiger partial charge < -0.3 is 5.32 Å². The molecule has 0 radical (unpaired) electrons. The van der Waals surface area contributed by atoms with Crippen molar-refractivity contribution in [2.45, 2.75) is 32.6 Å². The molecule has 72 valence electrons. The van der Waals surface area contributed by atoms with Crippen LogP contribution in [0.25, 0.3) is 0 Å². The molecule has 0 bridgehead atoms. The molecule has 1 N–H and O–H groups in total. The van der Waals surface area contributed by atoms with Crippen molar-refractivity contribution < 1.29 is 0 Å². The minimum Gasteiger partial charge on any atom is -0.362 e. The van der Waals surface area contributed by atoms with Crippen molar-refractivity contribution in [3.8, 4) is 0 Å². The van der Waals surface area contributed by atoms with Gasteiger partial charge in [-0.3, -0.25) is 0 Å². The lowest BCUT2D eigenvalue weighted by atomic mass is 10.2. The predicted octanol–water partition coefficient (Wildman–Crippen LogP) is 3.05. The molecule has 1 aromatic rings. The van der Waals surface area contributed by atoms with Gasteiger partial charge in [0.25, 0.3) is 0 Å². The summed E-state index contributed by atoms with van der Waals surface area (Å²) in [5.41, 5.74) is 1.12. The van der Waals surface area contributed by atoms with Gasteiger partial charge in [-0.05, 0) is 25.7 Å². The van der Waals surface area contributed by atoms with Gasteiger partial charge in [0.05, 0.1) is 5.69 Å². The summed E-state index contributed by atoms with van der Waals surface area (Å²) in [5, 5.41) is 6.52. The summed E-state index contributed by atoms with van der Waals surface area (Å²) in [6, 6.07) is 0. The number of thiazole rings is 1. The zero-order valence-electron chi connectivity index (χ0n) is 8.05. The van der Waals surface area contributed by atoms with Gasteiger partial charge in [-0.1, -0.05) is 12.8 Å². The van der Waals surface area contributed by atoms with E-state index >= 15 is 0 Å². The van der Waals surface area contributed by atoms with Crippen molar-refractivity contribution in [2.24, 2.45) is 5.92 Å². The van der Waals surface area contributed by atoms with E-state index in [4.69, 9.17) is 0 Å². The van der Waals surface area contributed by atoms with Crippen molar-refractivity contribution in [1.82, 2.24) is 4.98 Å². The summed E-state index contributed by atoms with van der Waals surface area (Å²) in [4.78, 5) is 4.35. The second-order valence-electron chi connectivity index (χ2n) is 3.81. The Balaban J connectivity index is 1.61. The topological polar surface area (TPSA) is 24.9 Å². The highest BCUT2D eigenvalue weighted by atomic mass is 32.1. The third kappa shape index (κ3) is 2.99. The van der Waals surface area contributed by atoms with E-state index in [1.165, 1.54) is 25.7 Å². The number of rotatable bonds is 5. The van der Waals surface area contributed by atoms with E-state index in [2.05, 4.69) is 15.7 Å². The second kappa shape index (κ2) is 4.09. The first-order valence-corrected chi connectivity index (χ1v) is 5.88. The molecule has 1 aromatic heterocycles. The largest absolute Gasteiger partial charge is 0.362 e. The van der Waals surface area contributed by atoms with Gasteiger partial charge in [-0.15, -0.1) is 11.3 Å². The fourth-order valence-electron chi connectivity index (χ4n) is 1.43. The minimum absolute atomic E-state index is 1.06. The number of aryl methyl sites for hydroxylation is 1. The molecule has 0 amide bonds. The molecule has 0 spiro atoms. The SMILES string of the molecule is Cc1csc(NCCCC2CC2)n1. The maximum absolute atomic E-state index is 4.35. The normalized spacial score (nSPS) is 16.1. The lowest BCUT2D eigenvalue weighted by Gasteiger charge is -2.00. The summed E-state index contributed by atoms with van der Waals surface area (Å²) in [5.74, 6) is 1.06. The van der Waals surface area contributed by atoms with Crippen LogP contribution in [-0.4, -0.2) is 11.5 Å². The summed E-state index contributed by atoms with van der Waals surface area (Å²) in [6.07, 6.45) is 5.63. The summed E-state index contributed by atoms with van der Waals surface area (Å²) in [6.45, 7) is 3.12. The van der Waals surface area contributed by atoms with Crippen molar-refractivity contribution >= 4 is 16.5 Å². The molecule has 0 saturated heterocycles. The van der Waals surface area contributed by atoms with Crippen LogP contribution in [-0.2, 0) is 0 Å². The Morgan fingerprint density at radius 1 is 1.62 bits per heavy atom. The third-order valence-corrected chi connectivity index (χ3v) is 3.30. The summed E-state index contributed by atoms with van der Waals surface area (Å²) in [7, 11) is 0. The highest BCUT2D eigenvalue weighted by molar-refractivity contribution is 7.13. The predicted molar refractivity (Wildman–Crippen MR) is 57.3 cm³/mol. The number of hydrogen-bond donors (Lipinski definition) is 1. The molecule has 2 nitrogen and oxygen atoms in total. The minimum atomic E-state index is 1.06. The molecule has 13 heavy (non-hydrogen) atoms. The van der Waals surface area contributed by atoms with Gasteiger partial charge in [-0.2, -0.15) is 0 Å². The molecule has 0 aromatic carbocycles. The van der Waals surface area contributed by atoms with Crippen molar-refractivity contribution in [3.63, 3.8) is 0 Å². The zero-order valence-corrected chi connectivity index (χ0v) is 8.86. The van der Waals surface area contributed by atoms with E-state index in [1.54, 1.807) is 11.3 Å². The van der Waals surface area contributed by atoms with Crippen LogP contribution < -0.4 is 5.32 Å². The van der Waals surface area contributed by atoms with E-state index in [1.807, 2.05) is 6.92 Å². The Labute approximate surface area is 83.4 Å². The molecule has 1 aliphatic carbocycles. The third-order valence-electron chi connectivity index (χ3n) is 2.38. The average molecular weight is 196 g/mol. The molecule has 1 fully saturated rings. The van der Waals surface area contributed by atoms with Crippen LogP contribution in [0.15, 0.2) is 5.38 Å². The Bertz CT molecular complexity index is 266. The number of anilines is 1. The first-order chi connectivity index (χ1) is 6.34. The average Bonchev–Trinajstić information content (AvgIpc) is 2.84. The number of hydrogen-bond acceptors (Lipinski definition) is 3. The first-order valence-electron chi connectivity index (χ1n) is 5.00. The van der Waals surface area contributed by atoms with Gasteiger partial charge in [0.2, 0.25) is 0 Å². The van der Waals surface area contributed by atoms with Gasteiger partial charge >= 0.3 is 0 Å². The molecule has 3 heteroatoms. The maximum Gasteiger partial charge on any atom is 0.182 e. The van der Waals surface area contributed by atoms with Crippen LogP contribution in [0.3, 0.4) is 0 Å². The Hall–Kier alpha value is -0.570. The Kier molecular flexibility index (Phi) is 2.83. The van der Waals surface area contributed by atoms with E-state index in [-0.39, 0.29) is 0 Å². The van der Waals surface area contributed by atoms with E-state index in [9.17, 15) is 0 Å². The second-order valence-corrected chi connectivity index (χ2v) is 4.66. The zero-order chi connectivity index (χ0) is 9.10. The molecule has 2 rings (SSSR count). The molecule has 1 aliphatic rings. The lowest BCUT2D eigenvalue weighted by Crippen LogP contribution is -2.01. The number of nitrogens with one attached hydrogen (secondary N) is 1. The highest BCUT2D eigenvalue weighted by Gasteiger charge is 2.19. The molecule has 1 saturated carbocycles. The maximum atomic E-state index is 4.35. The van der Waals surface area contributed by atoms with Crippen molar-refractivity contribution in [2.75, 3.05) is 11.9 Å². The van der Waals surface area contributed by atoms with Crippen LogP contribution in [0.4, 0.5) is 5.13 Å². The van der Waals surface area contributed by atoms with Gasteiger partial charge in [0.1, 0.15) is 0 Å². The van der Waals surface area contributed by atoms with Crippen molar-refractivity contribution in [1.29, 1.82) is 0 Å². The fraction of sp³-hybridized carbons (Fsp3) is 0.700. The monoisotopic (exact) mass is 196 g/mol. The van der Waals surface area contributed by atoms with Gasteiger partial charge in [0, 0.05) is 11.9 Å². The Morgan fingerprint density at radius 2 is 2.46 bits per heavy atom. The summed E-state index contributed by atoms with van der Waals surface area (Å²) < 4.78 is 0. The number of nitrogens with zero attached hydrogens (tertiary/aromatic N) is 1. The van der Waals surface area contributed by atoms with E-state index in [0.29, 0.717) is 0 Å². The molecule has 0 atom stereocenters. The standard InChI is InChI=1S/C10H16N2S/c1-8-7-13-10(12-8)11-6-2-3-9-4-5-9/h7,9H,2-6H2,1H3,(H,11,12). The number of aromatic nitrogens is 1.